The number of rotatable bonds is 2. The van der Waals surface area contributed by atoms with E-state index in [1.165, 1.54) is 16.8 Å². The Morgan fingerprint density at radius 3 is 2.53 bits per heavy atom. The average molecular weight is 221 g/mol. The molecule has 0 amide bonds. The first-order valence-electron chi connectivity index (χ1n) is 5.98. The van der Waals surface area contributed by atoms with Gasteiger partial charge in [-0.3, -0.25) is 0 Å². The maximum absolute atomic E-state index is 2.31. The summed E-state index contributed by atoms with van der Waals surface area (Å²) in [7, 11) is 0. The highest BCUT2D eigenvalue weighted by molar-refractivity contribution is 5.59. The van der Waals surface area contributed by atoms with Crippen molar-refractivity contribution in [3.05, 3.63) is 78.0 Å². The minimum absolute atomic E-state index is 0.939. The second-order valence-corrected chi connectivity index (χ2v) is 4.33. The Kier molecular flexibility index (Phi) is 2.66. The molecule has 0 saturated heterocycles. The van der Waals surface area contributed by atoms with Gasteiger partial charge in [-0.25, -0.2) is 0 Å². The van der Waals surface area contributed by atoms with E-state index in [1.807, 2.05) is 0 Å². The van der Waals surface area contributed by atoms with Gasteiger partial charge < -0.3 is 4.90 Å². The van der Waals surface area contributed by atoms with Crippen molar-refractivity contribution < 1.29 is 0 Å². The van der Waals surface area contributed by atoms with Crippen LogP contribution in [0.15, 0.2) is 66.9 Å². The summed E-state index contributed by atoms with van der Waals surface area (Å²) >= 11 is 0. The van der Waals surface area contributed by atoms with Crippen molar-refractivity contribution in [2.45, 2.75) is 13.0 Å². The third-order valence-electron chi connectivity index (χ3n) is 3.12. The molecule has 1 heteroatoms. The van der Waals surface area contributed by atoms with Crippen molar-refractivity contribution >= 4 is 5.69 Å². The second-order valence-electron chi connectivity index (χ2n) is 4.33. The molecular weight excluding hydrogens is 206 g/mol. The zero-order valence-corrected chi connectivity index (χ0v) is 9.71. The lowest BCUT2D eigenvalue weighted by Crippen LogP contribution is -2.19. The van der Waals surface area contributed by atoms with Crippen LogP contribution in [0, 0.1) is 0 Å². The normalized spacial score (nSPS) is 13.5. The van der Waals surface area contributed by atoms with Crippen LogP contribution < -0.4 is 4.90 Å². The molecule has 0 bridgehead atoms. The third kappa shape index (κ3) is 2.09. The van der Waals surface area contributed by atoms with E-state index in [1.54, 1.807) is 0 Å². The van der Waals surface area contributed by atoms with Crippen molar-refractivity contribution in [1.29, 1.82) is 0 Å². The zero-order chi connectivity index (χ0) is 11.5. The molecule has 0 fully saturated rings. The van der Waals surface area contributed by atoms with E-state index in [-0.39, 0.29) is 0 Å². The van der Waals surface area contributed by atoms with E-state index in [2.05, 4.69) is 71.8 Å². The van der Waals surface area contributed by atoms with Crippen molar-refractivity contribution in [3.63, 3.8) is 0 Å². The summed E-state index contributed by atoms with van der Waals surface area (Å²) in [6.07, 6.45) is 5.46. The van der Waals surface area contributed by atoms with Crippen LogP contribution in [0.25, 0.3) is 0 Å². The first-order chi connectivity index (χ1) is 8.43. The summed E-state index contributed by atoms with van der Waals surface area (Å²) in [4.78, 5) is 2.31. The van der Waals surface area contributed by atoms with Crippen molar-refractivity contribution in [1.82, 2.24) is 0 Å². The fourth-order valence-corrected chi connectivity index (χ4v) is 2.27. The van der Waals surface area contributed by atoms with Gasteiger partial charge in [-0.1, -0.05) is 54.6 Å². The molecule has 2 aromatic carbocycles. The molecular formula is C16H15N. The van der Waals surface area contributed by atoms with Crippen LogP contribution in [0.4, 0.5) is 5.69 Å². The summed E-state index contributed by atoms with van der Waals surface area (Å²) in [5.41, 5.74) is 4.08. The minimum atomic E-state index is 0.939. The highest BCUT2D eigenvalue weighted by Crippen LogP contribution is 2.26. The first-order valence-corrected chi connectivity index (χ1v) is 5.98. The highest BCUT2D eigenvalue weighted by atomic mass is 15.1. The molecule has 84 valence electrons. The molecule has 0 atom stereocenters. The fraction of sp³-hybridized carbons (Fsp3) is 0.125. The molecule has 0 aromatic heterocycles. The quantitative estimate of drug-likeness (QED) is 0.746. The molecule has 0 unspecified atom stereocenters. The monoisotopic (exact) mass is 221 g/mol. The molecule has 0 aliphatic carbocycles. The van der Waals surface area contributed by atoms with Gasteiger partial charge in [0.2, 0.25) is 0 Å². The first kappa shape index (κ1) is 10.2. The predicted octanol–water partition coefficient (Wildman–Crippen LogP) is 3.76. The van der Waals surface area contributed by atoms with E-state index in [0.29, 0.717) is 0 Å². The molecule has 0 radical (unpaired) electrons. The van der Waals surface area contributed by atoms with Crippen LogP contribution in [0.2, 0.25) is 0 Å². The Bertz CT molecular complexity index is 528. The van der Waals surface area contributed by atoms with Crippen LogP contribution in [-0.2, 0) is 13.0 Å². The van der Waals surface area contributed by atoms with E-state index < -0.39 is 0 Å². The molecule has 3 rings (SSSR count). The van der Waals surface area contributed by atoms with Gasteiger partial charge in [0.25, 0.3) is 0 Å². The van der Waals surface area contributed by atoms with Crippen molar-refractivity contribution in [3.8, 4) is 0 Å². The maximum atomic E-state index is 2.31. The number of fused-ring (bicyclic) bond motifs is 1. The van der Waals surface area contributed by atoms with Crippen LogP contribution >= 0.6 is 0 Å². The van der Waals surface area contributed by atoms with Gasteiger partial charge in [0.15, 0.2) is 0 Å². The largest absolute Gasteiger partial charge is 0.344 e. The number of para-hydroxylation sites is 1. The van der Waals surface area contributed by atoms with E-state index in [0.717, 1.165) is 13.0 Å². The van der Waals surface area contributed by atoms with Gasteiger partial charge in [-0.05, 0) is 23.6 Å². The van der Waals surface area contributed by atoms with Crippen LogP contribution in [0.3, 0.4) is 0 Å². The SMILES string of the molecule is C1=CN(Cc2ccccc2)c2ccccc2C1. The average Bonchev–Trinajstić information content (AvgIpc) is 2.40. The van der Waals surface area contributed by atoms with Gasteiger partial charge in [-0.2, -0.15) is 0 Å². The summed E-state index contributed by atoms with van der Waals surface area (Å²) < 4.78 is 0. The van der Waals surface area contributed by atoms with E-state index in [9.17, 15) is 0 Å². The minimum Gasteiger partial charge on any atom is -0.344 e. The van der Waals surface area contributed by atoms with Gasteiger partial charge in [-0.15, -0.1) is 0 Å². The molecule has 0 spiro atoms. The Balaban J connectivity index is 1.89. The lowest BCUT2D eigenvalue weighted by Gasteiger charge is -2.26. The number of nitrogens with zero attached hydrogens (tertiary/aromatic N) is 1. The summed E-state index contributed by atoms with van der Waals surface area (Å²) in [5.74, 6) is 0. The third-order valence-corrected chi connectivity index (χ3v) is 3.12. The fourth-order valence-electron chi connectivity index (χ4n) is 2.27. The van der Waals surface area contributed by atoms with E-state index in [4.69, 9.17) is 0 Å². The number of hydrogen-bond donors (Lipinski definition) is 0. The van der Waals surface area contributed by atoms with Gasteiger partial charge >= 0.3 is 0 Å². The Labute approximate surface area is 102 Å². The van der Waals surface area contributed by atoms with Crippen molar-refractivity contribution in [2.24, 2.45) is 0 Å². The number of hydrogen-bond acceptors (Lipinski definition) is 1. The molecule has 0 N–H and O–H groups in total. The topological polar surface area (TPSA) is 3.24 Å². The molecule has 1 nitrogen and oxygen atoms in total. The lowest BCUT2D eigenvalue weighted by molar-refractivity contribution is 0.933. The molecule has 0 saturated carbocycles. The van der Waals surface area contributed by atoms with E-state index >= 15 is 0 Å². The van der Waals surface area contributed by atoms with Gasteiger partial charge in [0.05, 0.1) is 0 Å². The summed E-state index contributed by atoms with van der Waals surface area (Å²) in [6.45, 7) is 0.939. The molecule has 2 aromatic rings. The molecule has 1 aliphatic heterocycles. The smallest absolute Gasteiger partial charge is 0.0475 e. The Hall–Kier alpha value is -2.02. The summed E-state index contributed by atoms with van der Waals surface area (Å²) in [6, 6.07) is 19.2. The molecule has 1 heterocycles. The van der Waals surface area contributed by atoms with Crippen LogP contribution in [-0.4, -0.2) is 0 Å². The Morgan fingerprint density at radius 2 is 1.65 bits per heavy atom. The standard InChI is InChI=1S/C16H15N/c1-2-7-14(8-3-1)13-17-12-6-10-15-9-4-5-11-16(15)17/h1-9,11-12H,10,13H2. The summed E-state index contributed by atoms with van der Waals surface area (Å²) in [5, 5.41) is 0. The van der Waals surface area contributed by atoms with Crippen molar-refractivity contribution in [2.75, 3.05) is 4.90 Å². The predicted molar refractivity (Wildman–Crippen MR) is 71.9 cm³/mol. The second kappa shape index (κ2) is 4.46. The Morgan fingerprint density at radius 1 is 0.882 bits per heavy atom. The number of anilines is 1. The molecule has 17 heavy (non-hydrogen) atoms. The highest BCUT2D eigenvalue weighted by Gasteiger charge is 2.11. The lowest BCUT2D eigenvalue weighted by atomic mass is 10.1. The van der Waals surface area contributed by atoms with Crippen LogP contribution in [0.1, 0.15) is 11.1 Å². The molecule has 1 aliphatic rings. The van der Waals surface area contributed by atoms with Crippen LogP contribution in [0.5, 0.6) is 0 Å². The maximum Gasteiger partial charge on any atom is 0.0475 e. The number of benzene rings is 2. The number of allylic oxidation sites excluding steroid dienone is 1. The zero-order valence-electron chi connectivity index (χ0n) is 9.71. The van der Waals surface area contributed by atoms with Gasteiger partial charge in [0, 0.05) is 18.4 Å². The van der Waals surface area contributed by atoms with Gasteiger partial charge in [0.1, 0.15) is 0 Å².